The van der Waals surface area contributed by atoms with Crippen molar-refractivity contribution >= 4 is 12.1 Å². The molecule has 5 nitrogen and oxygen atoms in total. The fraction of sp³-hybridized carbons (Fsp3) is 0.846. The molecule has 1 rings (SSSR count). The predicted molar refractivity (Wildman–Crippen MR) is 67.8 cm³/mol. The third kappa shape index (κ3) is 4.05. The summed E-state index contributed by atoms with van der Waals surface area (Å²) in [5, 5.41) is 10.8. The summed E-state index contributed by atoms with van der Waals surface area (Å²) in [6.07, 6.45) is -1.11. The number of alkyl carbamates (subject to hydrolysis) is 1. The van der Waals surface area contributed by atoms with Gasteiger partial charge in [-0.25, -0.2) is 13.6 Å². The molecular weight excluding hydrogens is 272 g/mol. The zero-order valence-electron chi connectivity index (χ0n) is 12.0. The fourth-order valence-electron chi connectivity index (χ4n) is 2.42. The minimum Gasteiger partial charge on any atom is -0.481 e. The van der Waals surface area contributed by atoms with E-state index < -0.39 is 35.5 Å². The summed E-state index contributed by atoms with van der Waals surface area (Å²) in [6, 6.07) is 0. The molecule has 0 heterocycles. The summed E-state index contributed by atoms with van der Waals surface area (Å²) in [4.78, 5) is 22.3. The van der Waals surface area contributed by atoms with Crippen LogP contribution in [0.2, 0.25) is 0 Å². The zero-order chi connectivity index (χ0) is 15.6. The van der Waals surface area contributed by atoms with Gasteiger partial charge in [0.1, 0.15) is 17.6 Å². The lowest BCUT2D eigenvalue weighted by molar-refractivity contribution is -0.153. The number of alkyl halides is 2. The van der Waals surface area contributed by atoms with Gasteiger partial charge in [0.15, 0.2) is 0 Å². The highest BCUT2D eigenvalue weighted by atomic mass is 19.3. The maximum atomic E-state index is 14.2. The van der Waals surface area contributed by atoms with E-state index in [0.29, 0.717) is 12.8 Å². The van der Waals surface area contributed by atoms with Crippen molar-refractivity contribution in [2.45, 2.75) is 69.9 Å². The molecule has 7 heteroatoms. The number of carbonyl (C=O) groups excluding carboxylic acids is 1. The molecule has 0 bridgehead atoms. The molecule has 1 aliphatic rings. The lowest BCUT2D eigenvalue weighted by Crippen LogP contribution is -2.60. The van der Waals surface area contributed by atoms with Crippen LogP contribution in [0.4, 0.5) is 13.6 Å². The number of hydrogen-bond acceptors (Lipinski definition) is 3. The van der Waals surface area contributed by atoms with Crippen LogP contribution in [0.15, 0.2) is 0 Å². The van der Waals surface area contributed by atoms with E-state index in [1.54, 1.807) is 20.8 Å². The number of ether oxygens (including phenoxy) is 1. The maximum absolute atomic E-state index is 14.2. The zero-order valence-corrected chi connectivity index (χ0v) is 12.0. The van der Waals surface area contributed by atoms with Crippen LogP contribution in [0, 0.1) is 0 Å². The molecule has 20 heavy (non-hydrogen) atoms. The van der Waals surface area contributed by atoms with Gasteiger partial charge in [-0.2, -0.15) is 0 Å². The van der Waals surface area contributed by atoms with E-state index in [2.05, 4.69) is 5.32 Å². The van der Waals surface area contributed by atoms with E-state index >= 15 is 0 Å². The highest BCUT2D eigenvalue weighted by Crippen LogP contribution is 2.44. The van der Waals surface area contributed by atoms with E-state index in [4.69, 9.17) is 9.84 Å². The average molecular weight is 293 g/mol. The summed E-state index contributed by atoms with van der Waals surface area (Å²) >= 11 is 0. The van der Waals surface area contributed by atoms with Crippen molar-refractivity contribution in [2.24, 2.45) is 0 Å². The van der Waals surface area contributed by atoms with Gasteiger partial charge in [0.2, 0.25) is 0 Å². The number of carboxylic acid groups (broad SMARTS) is 1. The van der Waals surface area contributed by atoms with Crippen LogP contribution in [0.3, 0.4) is 0 Å². The molecular formula is C13H21F2NO4. The Hall–Kier alpha value is -1.40. The number of rotatable bonds is 4. The Morgan fingerprint density at radius 1 is 1.25 bits per heavy atom. The standard InChI is InChI=1S/C13H21F2NO4/c1-11(2,3)20-10(19)16-12(6-4-5-7-12)13(14,15)8-9(17)18/h4-8H2,1-3H3,(H,16,19)(H,17,18). The van der Waals surface area contributed by atoms with Gasteiger partial charge >= 0.3 is 12.1 Å². The predicted octanol–water partition coefficient (Wildman–Crippen LogP) is 2.93. The van der Waals surface area contributed by atoms with Crippen molar-refractivity contribution in [1.29, 1.82) is 0 Å². The van der Waals surface area contributed by atoms with Gasteiger partial charge in [0, 0.05) is 0 Å². The van der Waals surface area contributed by atoms with Crippen molar-refractivity contribution < 1.29 is 28.2 Å². The van der Waals surface area contributed by atoms with Crippen LogP contribution >= 0.6 is 0 Å². The molecule has 1 saturated carbocycles. The molecule has 0 atom stereocenters. The minimum atomic E-state index is -3.51. The third-order valence-corrected chi connectivity index (χ3v) is 3.27. The SMILES string of the molecule is CC(C)(C)OC(=O)NC1(C(F)(F)CC(=O)O)CCCC1. The number of carbonyl (C=O) groups is 2. The first kappa shape index (κ1) is 16.7. The summed E-state index contributed by atoms with van der Waals surface area (Å²) in [5.74, 6) is -5.10. The second-order valence-electron chi connectivity index (χ2n) is 6.19. The molecule has 0 unspecified atom stereocenters. The Labute approximate surface area is 116 Å². The Kier molecular flexibility index (Phi) is 4.61. The number of aliphatic carboxylic acids is 1. The first-order valence-electron chi connectivity index (χ1n) is 6.58. The molecule has 1 fully saturated rings. The van der Waals surface area contributed by atoms with Gasteiger partial charge in [-0.05, 0) is 33.6 Å². The maximum Gasteiger partial charge on any atom is 0.408 e. The lowest BCUT2D eigenvalue weighted by Gasteiger charge is -2.37. The quantitative estimate of drug-likeness (QED) is 0.835. The number of halogens is 2. The summed E-state index contributed by atoms with van der Waals surface area (Å²) in [7, 11) is 0. The first-order chi connectivity index (χ1) is 8.97. The molecule has 116 valence electrons. The van der Waals surface area contributed by atoms with Crippen molar-refractivity contribution in [3.05, 3.63) is 0 Å². The summed E-state index contributed by atoms with van der Waals surface area (Å²) in [6.45, 7) is 4.88. The summed E-state index contributed by atoms with van der Waals surface area (Å²) in [5.41, 5.74) is -2.63. The smallest absolute Gasteiger partial charge is 0.408 e. The van der Waals surface area contributed by atoms with Gasteiger partial charge in [0.05, 0.1) is 0 Å². The molecule has 2 N–H and O–H groups in total. The minimum absolute atomic E-state index is 0.0481. The van der Waals surface area contributed by atoms with Crippen LogP contribution in [0.25, 0.3) is 0 Å². The molecule has 0 aromatic rings. The summed E-state index contributed by atoms with van der Waals surface area (Å²) < 4.78 is 33.3. The topological polar surface area (TPSA) is 75.6 Å². The molecule has 0 aliphatic heterocycles. The van der Waals surface area contributed by atoms with Gasteiger partial charge in [-0.3, -0.25) is 4.79 Å². The Morgan fingerprint density at radius 3 is 2.15 bits per heavy atom. The lowest BCUT2D eigenvalue weighted by atomic mass is 9.87. The van der Waals surface area contributed by atoms with E-state index in [1.807, 2.05) is 0 Å². The number of carboxylic acids is 1. The molecule has 0 spiro atoms. The molecule has 1 aliphatic carbocycles. The van der Waals surface area contributed by atoms with Crippen LogP contribution in [-0.4, -0.2) is 34.2 Å². The second kappa shape index (κ2) is 5.54. The van der Waals surface area contributed by atoms with Gasteiger partial charge in [-0.1, -0.05) is 12.8 Å². The van der Waals surface area contributed by atoms with Crippen molar-refractivity contribution in [1.82, 2.24) is 5.32 Å². The third-order valence-electron chi connectivity index (χ3n) is 3.27. The molecule has 0 aromatic heterocycles. The van der Waals surface area contributed by atoms with Gasteiger partial charge in [-0.15, -0.1) is 0 Å². The molecule has 1 amide bonds. The normalized spacial score (nSPS) is 18.6. The number of amides is 1. The molecule has 0 radical (unpaired) electrons. The van der Waals surface area contributed by atoms with Crippen molar-refractivity contribution in [2.75, 3.05) is 0 Å². The van der Waals surface area contributed by atoms with Crippen molar-refractivity contribution in [3.63, 3.8) is 0 Å². The highest BCUT2D eigenvalue weighted by molar-refractivity contribution is 5.71. The first-order valence-corrected chi connectivity index (χ1v) is 6.58. The van der Waals surface area contributed by atoms with E-state index in [9.17, 15) is 18.4 Å². The van der Waals surface area contributed by atoms with Gasteiger partial charge < -0.3 is 15.2 Å². The van der Waals surface area contributed by atoms with Crippen LogP contribution in [0.5, 0.6) is 0 Å². The Balaban J connectivity index is 2.87. The largest absolute Gasteiger partial charge is 0.481 e. The number of hydrogen-bond donors (Lipinski definition) is 2. The average Bonchev–Trinajstić information content (AvgIpc) is 2.62. The van der Waals surface area contributed by atoms with E-state index in [1.165, 1.54) is 0 Å². The second-order valence-corrected chi connectivity index (χ2v) is 6.19. The Morgan fingerprint density at radius 2 is 1.75 bits per heavy atom. The molecule has 0 saturated heterocycles. The van der Waals surface area contributed by atoms with Crippen LogP contribution in [-0.2, 0) is 9.53 Å². The monoisotopic (exact) mass is 293 g/mol. The van der Waals surface area contributed by atoms with Crippen molar-refractivity contribution in [3.8, 4) is 0 Å². The van der Waals surface area contributed by atoms with Crippen LogP contribution in [0.1, 0.15) is 52.9 Å². The number of nitrogens with one attached hydrogen (secondary N) is 1. The molecule has 0 aromatic carbocycles. The van der Waals surface area contributed by atoms with Gasteiger partial charge in [0.25, 0.3) is 5.92 Å². The van der Waals surface area contributed by atoms with E-state index in [0.717, 1.165) is 0 Å². The highest BCUT2D eigenvalue weighted by Gasteiger charge is 2.57. The fourth-order valence-corrected chi connectivity index (χ4v) is 2.42. The van der Waals surface area contributed by atoms with Crippen LogP contribution < -0.4 is 5.32 Å². The van der Waals surface area contributed by atoms with E-state index in [-0.39, 0.29) is 12.8 Å². The Bertz CT molecular complexity index is 384.